The molecule has 3 N–H and O–H groups in total. The van der Waals surface area contributed by atoms with E-state index in [9.17, 15) is 4.79 Å². The van der Waals surface area contributed by atoms with Crippen LogP contribution >= 0.6 is 12.4 Å². The number of nitrogens with two attached hydrogens (primary N) is 1. The zero-order valence-electron chi connectivity index (χ0n) is 15.0. The molecule has 0 saturated heterocycles. The van der Waals surface area contributed by atoms with E-state index in [0.717, 1.165) is 24.8 Å². The molecule has 6 nitrogen and oxygen atoms in total. The summed E-state index contributed by atoms with van der Waals surface area (Å²) in [6, 6.07) is 0.0160. The second kappa shape index (κ2) is 6.65. The maximum absolute atomic E-state index is 12.9. The number of carbonyl (C=O) groups excluding carboxylic acids is 1. The van der Waals surface area contributed by atoms with E-state index in [1.54, 1.807) is 0 Å². The van der Waals surface area contributed by atoms with Gasteiger partial charge in [-0.15, -0.1) is 12.4 Å². The van der Waals surface area contributed by atoms with Crippen LogP contribution in [0.5, 0.6) is 0 Å². The van der Waals surface area contributed by atoms with Gasteiger partial charge in [0.05, 0.1) is 18.3 Å². The maximum Gasteiger partial charge on any atom is 0.241 e. The van der Waals surface area contributed by atoms with Crippen LogP contribution in [0.15, 0.2) is 6.20 Å². The minimum atomic E-state index is -0.868. The number of nitrogens with one attached hydrogen (secondary N) is 1. The van der Waals surface area contributed by atoms with Crippen molar-refractivity contribution in [2.75, 3.05) is 6.61 Å². The summed E-state index contributed by atoms with van der Waals surface area (Å²) >= 11 is 0. The molecule has 0 aromatic carbocycles. The fraction of sp³-hybridized carbons (Fsp3) is 0.765. The highest BCUT2D eigenvalue weighted by molar-refractivity contribution is 5.89. The van der Waals surface area contributed by atoms with Crippen molar-refractivity contribution >= 4 is 18.3 Å². The third-order valence-electron chi connectivity index (χ3n) is 5.92. The van der Waals surface area contributed by atoms with Crippen molar-refractivity contribution in [1.29, 1.82) is 0 Å². The van der Waals surface area contributed by atoms with Crippen LogP contribution in [0.25, 0.3) is 0 Å². The molecule has 0 spiro atoms. The molecule has 1 fully saturated rings. The zero-order chi connectivity index (χ0) is 16.8. The fourth-order valence-electron chi connectivity index (χ4n) is 3.96. The molecular formula is C17H29ClN4O2. The Bertz CT molecular complexity index is 616. The Morgan fingerprint density at radius 1 is 1.54 bits per heavy atom. The molecule has 1 aromatic rings. The molecule has 3 atom stereocenters. The van der Waals surface area contributed by atoms with Crippen molar-refractivity contribution in [3.05, 3.63) is 17.5 Å². The van der Waals surface area contributed by atoms with Gasteiger partial charge in [0.15, 0.2) is 0 Å². The van der Waals surface area contributed by atoms with Gasteiger partial charge in [0, 0.05) is 36.7 Å². The number of aromatic nitrogens is 2. The monoisotopic (exact) mass is 356 g/mol. The van der Waals surface area contributed by atoms with Crippen molar-refractivity contribution in [3.8, 4) is 0 Å². The van der Waals surface area contributed by atoms with E-state index in [2.05, 4.69) is 10.4 Å². The number of nitrogens with zero attached hydrogens (tertiary/aromatic N) is 2. The predicted molar refractivity (Wildman–Crippen MR) is 95.0 cm³/mol. The van der Waals surface area contributed by atoms with E-state index < -0.39 is 5.54 Å². The van der Waals surface area contributed by atoms with Gasteiger partial charge in [-0.3, -0.25) is 9.48 Å². The van der Waals surface area contributed by atoms with Crippen LogP contribution in [-0.4, -0.2) is 33.9 Å². The first-order valence-corrected chi connectivity index (χ1v) is 8.53. The van der Waals surface area contributed by atoms with Crippen molar-refractivity contribution in [2.45, 2.75) is 64.1 Å². The van der Waals surface area contributed by atoms with Crippen molar-refractivity contribution in [3.63, 3.8) is 0 Å². The molecule has 0 radical (unpaired) electrons. The standard InChI is InChI=1S/C17H28N4O2.ClH/c1-5-23-14-9-17(18,16(14,2)3)15(22)20-12-7-6-8-13-11(12)10-19-21(13)4;/h10,12,14H,5-9,18H2,1-4H3,(H,20,22);1H. The summed E-state index contributed by atoms with van der Waals surface area (Å²) in [5.41, 5.74) is 7.59. The quantitative estimate of drug-likeness (QED) is 0.862. The number of ether oxygens (including phenoxy) is 1. The van der Waals surface area contributed by atoms with Crippen molar-refractivity contribution < 1.29 is 9.53 Å². The van der Waals surface area contributed by atoms with Gasteiger partial charge in [0.2, 0.25) is 5.91 Å². The maximum atomic E-state index is 12.9. The van der Waals surface area contributed by atoms with E-state index in [4.69, 9.17) is 10.5 Å². The van der Waals surface area contributed by atoms with E-state index in [0.29, 0.717) is 13.0 Å². The normalized spacial score (nSPS) is 30.7. The second-order valence-corrected chi connectivity index (χ2v) is 7.43. The van der Waals surface area contributed by atoms with Crippen LogP contribution in [-0.2, 0) is 23.0 Å². The van der Waals surface area contributed by atoms with E-state index in [1.165, 1.54) is 5.69 Å². The number of aryl methyl sites for hydroxylation is 1. The summed E-state index contributed by atoms with van der Waals surface area (Å²) in [5.74, 6) is -0.0693. The SMILES string of the molecule is CCOC1CC(N)(C(=O)NC2CCCc3c2cnn3C)C1(C)C.Cl. The lowest BCUT2D eigenvalue weighted by Crippen LogP contribution is -2.75. The Morgan fingerprint density at radius 2 is 2.25 bits per heavy atom. The van der Waals surface area contributed by atoms with Crippen molar-refractivity contribution in [1.82, 2.24) is 15.1 Å². The topological polar surface area (TPSA) is 82.2 Å². The van der Waals surface area contributed by atoms with Gasteiger partial charge in [0.25, 0.3) is 0 Å². The second-order valence-electron chi connectivity index (χ2n) is 7.43. The van der Waals surface area contributed by atoms with Crippen LogP contribution in [0.2, 0.25) is 0 Å². The number of halogens is 1. The summed E-state index contributed by atoms with van der Waals surface area (Å²) in [6.07, 6.45) is 5.51. The molecule has 24 heavy (non-hydrogen) atoms. The Kier molecular flexibility index (Phi) is 5.33. The number of rotatable bonds is 4. The van der Waals surface area contributed by atoms with Crippen LogP contribution in [0, 0.1) is 5.41 Å². The molecular weight excluding hydrogens is 328 g/mol. The van der Waals surface area contributed by atoms with Gasteiger partial charge in [-0.1, -0.05) is 13.8 Å². The van der Waals surface area contributed by atoms with E-state index in [1.807, 2.05) is 38.7 Å². The average molecular weight is 357 g/mol. The third-order valence-corrected chi connectivity index (χ3v) is 5.92. The van der Waals surface area contributed by atoms with Crippen LogP contribution < -0.4 is 11.1 Å². The first kappa shape index (κ1) is 19.2. The Morgan fingerprint density at radius 3 is 2.88 bits per heavy atom. The lowest BCUT2D eigenvalue weighted by Gasteiger charge is -2.57. The van der Waals surface area contributed by atoms with E-state index >= 15 is 0 Å². The smallest absolute Gasteiger partial charge is 0.241 e. The minimum Gasteiger partial charge on any atom is -0.378 e. The summed E-state index contributed by atoms with van der Waals surface area (Å²) in [7, 11) is 1.95. The molecule has 2 aliphatic rings. The molecule has 1 amide bonds. The highest BCUT2D eigenvalue weighted by Gasteiger charge is 2.63. The van der Waals surface area contributed by atoms with Crippen molar-refractivity contribution in [2.24, 2.45) is 18.2 Å². The summed E-state index contributed by atoms with van der Waals surface area (Å²) in [6.45, 7) is 6.66. The zero-order valence-corrected chi connectivity index (χ0v) is 15.8. The molecule has 1 aromatic heterocycles. The number of hydrogen-bond acceptors (Lipinski definition) is 4. The first-order chi connectivity index (χ1) is 10.8. The number of hydrogen-bond donors (Lipinski definition) is 2. The van der Waals surface area contributed by atoms with Gasteiger partial charge >= 0.3 is 0 Å². The predicted octanol–water partition coefficient (Wildman–Crippen LogP) is 1.87. The fourth-order valence-corrected chi connectivity index (χ4v) is 3.96. The lowest BCUT2D eigenvalue weighted by atomic mass is 9.54. The molecule has 0 bridgehead atoms. The molecule has 1 heterocycles. The molecule has 1 saturated carbocycles. The molecule has 2 aliphatic carbocycles. The number of fused-ring (bicyclic) bond motifs is 1. The lowest BCUT2D eigenvalue weighted by molar-refractivity contribution is -0.171. The van der Waals surface area contributed by atoms with Gasteiger partial charge in [0.1, 0.15) is 5.54 Å². The summed E-state index contributed by atoms with van der Waals surface area (Å²) in [5, 5.41) is 7.51. The highest BCUT2D eigenvalue weighted by Crippen LogP contribution is 2.50. The highest BCUT2D eigenvalue weighted by atomic mass is 35.5. The van der Waals surface area contributed by atoms with Gasteiger partial charge < -0.3 is 15.8 Å². The molecule has 136 valence electrons. The Balaban J connectivity index is 0.00000208. The number of carbonyl (C=O) groups is 1. The van der Waals surface area contributed by atoms with Gasteiger partial charge in [-0.25, -0.2) is 0 Å². The molecule has 7 heteroatoms. The first-order valence-electron chi connectivity index (χ1n) is 8.53. The summed E-state index contributed by atoms with van der Waals surface area (Å²) in [4.78, 5) is 12.9. The minimum absolute atomic E-state index is 0. The molecule has 3 unspecified atom stereocenters. The average Bonchev–Trinajstić information content (AvgIpc) is 2.89. The molecule has 3 rings (SSSR count). The van der Waals surface area contributed by atoms with Gasteiger partial charge in [-0.2, -0.15) is 5.10 Å². The summed E-state index contributed by atoms with van der Waals surface area (Å²) < 4.78 is 7.62. The van der Waals surface area contributed by atoms with E-state index in [-0.39, 0.29) is 35.9 Å². The Labute approximate surface area is 149 Å². The molecule has 0 aliphatic heterocycles. The van der Waals surface area contributed by atoms with Crippen LogP contribution in [0.4, 0.5) is 0 Å². The third kappa shape index (κ3) is 2.74. The largest absolute Gasteiger partial charge is 0.378 e. The van der Waals surface area contributed by atoms with Gasteiger partial charge in [-0.05, 0) is 26.2 Å². The van der Waals surface area contributed by atoms with Crippen LogP contribution in [0.3, 0.4) is 0 Å². The van der Waals surface area contributed by atoms with Crippen LogP contribution in [0.1, 0.15) is 57.3 Å². The number of amides is 1. The Hall–Kier alpha value is -1.11.